The first kappa shape index (κ1) is 30.4. The lowest BCUT2D eigenvalue weighted by molar-refractivity contribution is 0.0697. The van der Waals surface area contributed by atoms with Crippen LogP contribution in [0.2, 0.25) is 0 Å². The van der Waals surface area contributed by atoms with Crippen molar-refractivity contribution in [3.05, 3.63) is 102 Å². The van der Waals surface area contributed by atoms with E-state index in [4.69, 9.17) is 0 Å². The standard InChI is InChI=1S/C33H38N2O5S/c1-5-27-28(29-13-8-9-14-30(29)32(37)38)15-10-16-31(27)41(39,40)35(4)22-26(36)21-34-33(2,3)20-23-17-18-24-11-6-7-12-25(24)19-23/h6-19,26,34,36H,5,20-22H2,1-4H3,(H,37,38)/t26-/m1/s1. The Morgan fingerprint density at radius 1 is 0.927 bits per heavy atom. The highest BCUT2D eigenvalue weighted by Crippen LogP contribution is 2.33. The molecule has 7 nitrogen and oxygen atoms in total. The van der Waals surface area contributed by atoms with Gasteiger partial charge in [0.05, 0.1) is 16.6 Å². The van der Waals surface area contributed by atoms with Crippen molar-refractivity contribution in [2.24, 2.45) is 0 Å². The molecule has 0 heterocycles. The van der Waals surface area contributed by atoms with E-state index in [-0.39, 0.29) is 29.1 Å². The number of aromatic carboxylic acids is 1. The number of carboxylic acids is 1. The Morgan fingerprint density at radius 2 is 1.59 bits per heavy atom. The van der Waals surface area contributed by atoms with Crippen LogP contribution in [0.4, 0.5) is 0 Å². The van der Waals surface area contributed by atoms with Crippen molar-refractivity contribution in [1.82, 2.24) is 9.62 Å². The second-order valence-electron chi connectivity index (χ2n) is 11.0. The zero-order chi connectivity index (χ0) is 29.8. The molecule has 8 heteroatoms. The summed E-state index contributed by atoms with van der Waals surface area (Å²) in [6.45, 7) is 6.08. The summed E-state index contributed by atoms with van der Waals surface area (Å²) >= 11 is 0. The fourth-order valence-corrected chi connectivity index (χ4v) is 6.79. The van der Waals surface area contributed by atoms with E-state index in [9.17, 15) is 23.4 Å². The van der Waals surface area contributed by atoms with Crippen LogP contribution in [0.15, 0.2) is 89.8 Å². The lowest BCUT2D eigenvalue weighted by Crippen LogP contribution is -2.47. The van der Waals surface area contributed by atoms with Crippen LogP contribution in [0.5, 0.6) is 0 Å². The Balaban J connectivity index is 1.46. The lowest BCUT2D eigenvalue weighted by Gasteiger charge is -2.29. The van der Waals surface area contributed by atoms with Crippen molar-refractivity contribution in [2.45, 2.75) is 50.2 Å². The van der Waals surface area contributed by atoms with E-state index in [1.165, 1.54) is 35.5 Å². The highest BCUT2D eigenvalue weighted by Gasteiger charge is 2.28. The summed E-state index contributed by atoms with van der Waals surface area (Å²) in [4.78, 5) is 11.9. The van der Waals surface area contributed by atoms with E-state index < -0.39 is 22.1 Å². The van der Waals surface area contributed by atoms with Crippen molar-refractivity contribution < 1.29 is 23.4 Å². The summed E-state index contributed by atoms with van der Waals surface area (Å²) in [5.41, 5.74) is 2.52. The van der Waals surface area contributed by atoms with Gasteiger partial charge >= 0.3 is 5.97 Å². The van der Waals surface area contributed by atoms with Crippen molar-refractivity contribution in [3.63, 3.8) is 0 Å². The number of aliphatic hydroxyl groups excluding tert-OH is 1. The molecule has 0 aromatic heterocycles. The third-order valence-electron chi connectivity index (χ3n) is 7.37. The van der Waals surface area contributed by atoms with Crippen LogP contribution >= 0.6 is 0 Å². The number of hydrogen-bond acceptors (Lipinski definition) is 5. The molecule has 1 atom stereocenters. The van der Waals surface area contributed by atoms with Gasteiger partial charge < -0.3 is 15.5 Å². The third kappa shape index (κ3) is 7.02. The Bertz CT molecular complexity index is 1650. The maximum Gasteiger partial charge on any atom is 0.336 e. The molecule has 216 valence electrons. The second-order valence-corrected chi connectivity index (χ2v) is 13.1. The first-order valence-corrected chi connectivity index (χ1v) is 15.2. The number of nitrogens with one attached hydrogen (secondary N) is 1. The number of hydrogen-bond donors (Lipinski definition) is 3. The Hall–Kier alpha value is -3.56. The van der Waals surface area contributed by atoms with Crippen LogP contribution in [-0.2, 0) is 22.9 Å². The van der Waals surface area contributed by atoms with Crippen LogP contribution in [0.25, 0.3) is 21.9 Å². The molecule has 0 radical (unpaired) electrons. The van der Waals surface area contributed by atoms with E-state index in [0.29, 0.717) is 23.1 Å². The molecule has 0 saturated carbocycles. The number of benzene rings is 4. The molecular weight excluding hydrogens is 536 g/mol. The number of rotatable bonds is 12. The summed E-state index contributed by atoms with van der Waals surface area (Å²) in [6, 6.07) is 26.1. The minimum Gasteiger partial charge on any atom is -0.478 e. The van der Waals surface area contributed by atoms with Gasteiger partial charge in [-0.25, -0.2) is 13.2 Å². The van der Waals surface area contributed by atoms with Crippen molar-refractivity contribution >= 4 is 26.8 Å². The molecule has 0 amide bonds. The molecule has 3 N–H and O–H groups in total. The van der Waals surface area contributed by atoms with Crippen LogP contribution in [-0.4, -0.2) is 60.7 Å². The van der Waals surface area contributed by atoms with Gasteiger partial charge in [-0.1, -0.05) is 79.7 Å². The maximum atomic E-state index is 13.7. The summed E-state index contributed by atoms with van der Waals surface area (Å²) in [5, 5.41) is 26.3. The fraction of sp³-hybridized carbons (Fsp3) is 0.303. The molecule has 0 spiro atoms. The first-order chi connectivity index (χ1) is 19.4. The van der Waals surface area contributed by atoms with Crippen LogP contribution < -0.4 is 5.32 Å². The van der Waals surface area contributed by atoms with Crippen LogP contribution in [0.1, 0.15) is 42.3 Å². The smallest absolute Gasteiger partial charge is 0.336 e. The molecule has 0 fully saturated rings. The average molecular weight is 575 g/mol. The van der Waals surface area contributed by atoms with Crippen molar-refractivity contribution in [1.29, 1.82) is 0 Å². The predicted molar refractivity (Wildman–Crippen MR) is 164 cm³/mol. The number of likely N-dealkylation sites (N-methyl/N-ethyl adjacent to an activating group) is 1. The Kier molecular flexibility index (Phi) is 9.29. The van der Waals surface area contributed by atoms with Gasteiger partial charge in [0.15, 0.2) is 0 Å². The van der Waals surface area contributed by atoms with Gasteiger partial charge in [0.1, 0.15) is 0 Å². The van der Waals surface area contributed by atoms with Gasteiger partial charge in [-0.15, -0.1) is 0 Å². The predicted octanol–water partition coefficient (Wildman–Crippen LogP) is 5.36. The normalized spacial score (nSPS) is 13.0. The molecule has 0 aliphatic heterocycles. The maximum absolute atomic E-state index is 13.7. The molecule has 41 heavy (non-hydrogen) atoms. The van der Waals surface area contributed by atoms with Crippen molar-refractivity contribution in [3.8, 4) is 11.1 Å². The molecule has 0 aliphatic rings. The highest BCUT2D eigenvalue weighted by molar-refractivity contribution is 7.89. The van der Waals surface area contributed by atoms with E-state index in [1.807, 2.05) is 19.1 Å². The topological polar surface area (TPSA) is 107 Å². The molecule has 4 aromatic carbocycles. The Morgan fingerprint density at radius 3 is 2.29 bits per heavy atom. The summed E-state index contributed by atoms with van der Waals surface area (Å²) in [5.74, 6) is -1.08. The monoisotopic (exact) mass is 574 g/mol. The van der Waals surface area contributed by atoms with E-state index in [1.54, 1.807) is 30.3 Å². The number of sulfonamides is 1. The average Bonchev–Trinajstić information content (AvgIpc) is 2.95. The van der Waals surface area contributed by atoms with Crippen LogP contribution in [0.3, 0.4) is 0 Å². The SMILES string of the molecule is CCc1c(-c2ccccc2C(=O)O)cccc1S(=O)(=O)N(C)C[C@H](O)CNC(C)(C)Cc1ccc2ccccc2c1. The zero-order valence-corrected chi connectivity index (χ0v) is 24.8. The minimum absolute atomic E-state index is 0.0967. The number of aliphatic hydroxyl groups is 1. The molecular formula is C33H38N2O5S. The summed E-state index contributed by atoms with van der Waals surface area (Å²) in [6.07, 6.45) is 0.189. The van der Waals surface area contributed by atoms with E-state index >= 15 is 0 Å². The molecule has 0 bridgehead atoms. The van der Waals surface area contributed by atoms with Gasteiger partial charge in [0.25, 0.3) is 0 Å². The largest absolute Gasteiger partial charge is 0.478 e. The Labute approximate surface area is 242 Å². The summed E-state index contributed by atoms with van der Waals surface area (Å²) < 4.78 is 28.5. The third-order valence-corrected chi connectivity index (χ3v) is 9.27. The number of nitrogens with zero attached hydrogens (tertiary/aromatic N) is 1. The molecule has 0 aliphatic carbocycles. The molecule has 4 rings (SSSR count). The van der Waals surface area contributed by atoms with Gasteiger partial charge in [-0.3, -0.25) is 0 Å². The number of fused-ring (bicyclic) bond motifs is 1. The van der Waals surface area contributed by atoms with Gasteiger partial charge in [0, 0.05) is 25.7 Å². The van der Waals surface area contributed by atoms with Gasteiger partial charge in [-0.05, 0) is 71.8 Å². The molecule has 0 unspecified atom stereocenters. The zero-order valence-electron chi connectivity index (χ0n) is 24.0. The quantitative estimate of drug-likeness (QED) is 0.210. The first-order valence-electron chi connectivity index (χ1n) is 13.7. The van der Waals surface area contributed by atoms with E-state index in [2.05, 4.69) is 49.5 Å². The van der Waals surface area contributed by atoms with Crippen LogP contribution in [0, 0.1) is 0 Å². The number of β-amino-alcohol motifs (C(OH)–C–C–N with tert-alkyl or cyclic N) is 1. The van der Waals surface area contributed by atoms with Gasteiger partial charge in [-0.2, -0.15) is 4.31 Å². The second kappa shape index (κ2) is 12.5. The number of carboxylic acid groups (broad SMARTS) is 1. The molecule has 0 saturated heterocycles. The minimum atomic E-state index is -3.97. The fourth-order valence-electron chi connectivity index (χ4n) is 5.27. The van der Waals surface area contributed by atoms with Crippen molar-refractivity contribution in [2.75, 3.05) is 20.1 Å². The molecule has 4 aromatic rings. The highest BCUT2D eigenvalue weighted by atomic mass is 32.2. The van der Waals surface area contributed by atoms with E-state index in [0.717, 1.165) is 10.7 Å². The lowest BCUT2D eigenvalue weighted by atomic mass is 9.93. The van der Waals surface area contributed by atoms with Gasteiger partial charge in [0.2, 0.25) is 10.0 Å². The number of carbonyl (C=O) groups is 1. The summed E-state index contributed by atoms with van der Waals surface area (Å²) in [7, 11) is -2.51.